The Labute approximate surface area is 155 Å². The van der Waals surface area contributed by atoms with Gasteiger partial charge in [-0.3, -0.25) is 4.79 Å². The summed E-state index contributed by atoms with van der Waals surface area (Å²) in [5.41, 5.74) is 1.92. The van der Waals surface area contributed by atoms with Crippen LogP contribution in [0.5, 0.6) is 0 Å². The maximum absolute atomic E-state index is 12.2. The average Bonchev–Trinajstić information content (AvgIpc) is 2.63. The molecule has 0 saturated heterocycles. The predicted octanol–water partition coefficient (Wildman–Crippen LogP) is 4.65. The first-order chi connectivity index (χ1) is 12.1. The molecule has 0 aliphatic carbocycles. The Morgan fingerprint density at radius 3 is 2.40 bits per heavy atom. The van der Waals surface area contributed by atoms with E-state index in [4.69, 9.17) is 23.2 Å². The maximum atomic E-state index is 12.2. The zero-order valence-corrected chi connectivity index (χ0v) is 14.6. The summed E-state index contributed by atoms with van der Waals surface area (Å²) < 4.78 is 0. The van der Waals surface area contributed by atoms with Gasteiger partial charge in [0, 0.05) is 24.0 Å². The molecule has 0 aliphatic heterocycles. The van der Waals surface area contributed by atoms with Crippen LogP contribution in [0, 0.1) is 0 Å². The van der Waals surface area contributed by atoms with Gasteiger partial charge in [0.2, 0.25) is 5.95 Å². The van der Waals surface area contributed by atoms with E-state index in [1.807, 2.05) is 30.3 Å². The van der Waals surface area contributed by atoms with Crippen molar-refractivity contribution in [2.45, 2.75) is 6.54 Å². The van der Waals surface area contributed by atoms with Gasteiger partial charge < -0.3 is 10.6 Å². The van der Waals surface area contributed by atoms with Crippen LogP contribution < -0.4 is 10.6 Å². The number of carbonyl (C=O) groups is 1. The number of nitrogens with zero attached hydrogens (tertiary/aromatic N) is 2. The molecule has 3 rings (SSSR count). The van der Waals surface area contributed by atoms with Crippen molar-refractivity contribution in [3.05, 3.63) is 82.1 Å². The van der Waals surface area contributed by atoms with Gasteiger partial charge in [0.1, 0.15) is 0 Å². The molecular formula is C18H14Cl2N4O. The van der Waals surface area contributed by atoms with E-state index in [-0.39, 0.29) is 5.91 Å². The minimum Gasteiger partial charge on any atom is -0.350 e. The molecule has 25 heavy (non-hydrogen) atoms. The van der Waals surface area contributed by atoms with Gasteiger partial charge in [0.05, 0.1) is 16.3 Å². The number of rotatable bonds is 5. The van der Waals surface area contributed by atoms with Crippen molar-refractivity contribution >= 4 is 40.7 Å². The summed E-state index contributed by atoms with van der Waals surface area (Å²) in [6.07, 6.45) is 2.92. The molecule has 126 valence electrons. The van der Waals surface area contributed by atoms with Gasteiger partial charge in [-0.25, -0.2) is 9.97 Å². The van der Waals surface area contributed by atoms with Crippen LogP contribution in [-0.4, -0.2) is 15.9 Å². The number of amides is 1. The van der Waals surface area contributed by atoms with Crippen LogP contribution in [0.3, 0.4) is 0 Å². The van der Waals surface area contributed by atoms with E-state index in [0.717, 1.165) is 5.56 Å². The van der Waals surface area contributed by atoms with Gasteiger partial charge in [-0.05, 0) is 23.8 Å². The Kier molecular flexibility index (Phi) is 5.48. The molecule has 2 aromatic carbocycles. The SMILES string of the molecule is O=C(Nc1ccc(Cl)cc1Cl)c1cnc(NCc2ccccc2)nc1. The quantitative estimate of drug-likeness (QED) is 0.683. The van der Waals surface area contributed by atoms with Crippen molar-refractivity contribution in [3.63, 3.8) is 0 Å². The number of halogens is 2. The number of benzene rings is 2. The lowest BCUT2D eigenvalue weighted by Crippen LogP contribution is -2.13. The Balaban J connectivity index is 1.62. The fourth-order valence-corrected chi connectivity index (χ4v) is 2.55. The highest BCUT2D eigenvalue weighted by Crippen LogP contribution is 2.25. The molecule has 3 aromatic rings. The van der Waals surface area contributed by atoms with Gasteiger partial charge in [-0.2, -0.15) is 0 Å². The Morgan fingerprint density at radius 2 is 1.72 bits per heavy atom. The van der Waals surface area contributed by atoms with E-state index in [0.29, 0.717) is 33.8 Å². The smallest absolute Gasteiger partial charge is 0.258 e. The molecule has 0 radical (unpaired) electrons. The second-order valence-corrected chi connectivity index (χ2v) is 6.06. The normalized spacial score (nSPS) is 10.3. The number of hydrogen-bond acceptors (Lipinski definition) is 4. The van der Waals surface area contributed by atoms with E-state index >= 15 is 0 Å². The molecule has 7 heteroatoms. The number of anilines is 2. The summed E-state index contributed by atoms with van der Waals surface area (Å²) in [5, 5.41) is 6.67. The lowest BCUT2D eigenvalue weighted by Gasteiger charge is -2.08. The molecule has 0 spiro atoms. The summed E-state index contributed by atoms with van der Waals surface area (Å²) in [7, 11) is 0. The first-order valence-electron chi connectivity index (χ1n) is 7.48. The fourth-order valence-electron chi connectivity index (χ4n) is 2.10. The summed E-state index contributed by atoms with van der Waals surface area (Å²) >= 11 is 11.9. The minimum atomic E-state index is -0.348. The van der Waals surface area contributed by atoms with Crippen molar-refractivity contribution in [2.24, 2.45) is 0 Å². The molecule has 1 heterocycles. The third kappa shape index (κ3) is 4.68. The van der Waals surface area contributed by atoms with Crippen molar-refractivity contribution in [1.82, 2.24) is 9.97 Å². The van der Waals surface area contributed by atoms with E-state index < -0.39 is 0 Å². The molecule has 0 atom stereocenters. The van der Waals surface area contributed by atoms with Gasteiger partial charge >= 0.3 is 0 Å². The third-order valence-corrected chi connectivity index (χ3v) is 3.93. The van der Waals surface area contributed by atoms with Crippen LogP contribution in [0.15, 0.2) is 60.9 Å². The van der Waals surface area contributed by atoms with Gasteiger partial charge in [0.25, 0.3) is 5.91 Å². The lowest BCUT2D eigenvalue weighted by molar-refractivity contribution is 0.102. The molecule has 0 saturated carbocycles. The van der Waals surface area contributed by atoms with Crippen molar-refractivity contribution in [3.8, 4) is 0 Å². The highest BCUT2D eigenvalue weighted by atomic mass is 35.5. The van der Waals surface area contributed by atoms with Crippen LogP contribution in [0.2, 0.25) is 10.0 Å². The Hall–Kier alpha value is -2.63. The predicted molar refractivity (Wildman–Crippen MR) is 100 cm³/mol. The van der Waals surface area contributed by atoms with Crippen LogP contribution in [0.4, 0.5) is 11.6 Å². The molecule has 1 aromatic heterocycles. The first kappa shape index (κ1) is 17.2. The van der Waals surface area contributed by atoms with Crippen molar-refractivity contribution in [2.75, 3.05) is 10.6 Å². The number of carbonyl (C=O) groups excluding carboxylic acids is 1. The molecule has 2 N–H and O–H groups in total. The molecule has 0 bridgehead atoms. The van der Waals surface area contributed by atoms with Crippen LogP contribution in [0.1, 0.15) is 15.9 Å². The molecule has 5 nitrogen and oxygen atoms in total. The number of hydrogen-bond donors (Lipinski definition) is 2. The maximum Gasteiger partial charge on any atom is 0.258 e. The molecular weight excluding hydrogens is 359 g/mol. The Morgan fingerprint density at radius 1 is 1.00 bits per heavy atom. The second-order valence-electron chi connectivity index (χ2n) is 5.21. The van der Waals surface area contributed by atoms with Gasteiger partial charge in [0.15, 0.2) is 0 Å². The number of nitrogens with one attached hydrogen (secondary N) is 2. The summed E-state index contributed by atoms with van der Waals surface area (Å²) in [4.78, 5) is 20.6. The first-order valence-corrected chi connectivity index (χ1v) is 8.23. The van der Waals surface area contributed by atoms with Crippen molar-refractivity contribution in [1.29, 1.82) is 0 Å². The van der Waals surface area contributed by atoms with Crippen LogP contribution >= 0.6 is 23.2 Å². The zero-order chi connectivity index (χ0) is 17.6. The standard InChI is InChI=1S/C18H14Cl2N4O/c19-14-6-7-16(15(20)8-14)24-17(25)13-10-22-18(23-11-13)21-9-12-4-2-1-3-5-12/h1-8,10-11H,9H2,(H,24,25)(H,21,22,23). The minimum absolute atomic E-state index is 0.330. The third-order valence-electron chi connectivity index (χ3n) is 3.39. The van der Waals surface area contributed by atoms with E-state index in [2.05, 4.69) is 20.6 Å². The molecule has 0 aliphatic rings. The highest BCUT2D eigenvalue weighted by Gasteiger charge is 2.10. The zero-order valence-electron chi connectivity index (χ0n) is 13.0. The summed E-state index contributed by atoms with van der Waals surface area (Å²) in [5.74, 6) is 0.101. The summed E-state index contributed by atoms with van der Waals surface area (Å²) in [6.45, 7) is 0.604. The summed E-state index contributed by atoms with van der Waals surface area (Å²) in [6, 6.07) is 14.7. The highest BCUT2D eigenvalue weighted by molar-refractivity contribution is 6.36. The topological polar surface area (TPSA) is 66.9 Å². The van der Waals surface area contributed by atoms with E-state index in [1.54, 1.807) is 18.2 Å². The van der Waals surface area contributed by atoms with E-state index in [1.165, 1.54) is 12.4 Å². The number of aromatic nitrogens is 2. The fraction of sp³-hybridized carbons (Fsp3) is 0.0556. The second kappa shape index (κ2) is 7.96. The van der Waals surface area contributed by atoms with Gasteiger partial charge in [-0.15, -0.1) is 0 Å². The molecule has 0 unspecified atom stereocenters. The van der Waals surface area contributed by atoms with Gasteiger partial charge in [-0.1, -0.05) is 53.5 Å². The molecule has 0 fully saturated rings. The van der Waals surface area contributed by atoms with Crippen molar-refractivity contribution < 1.29 is 4.79 Å². The van der Waals surface area contributed by atoms with Crippen LogP contribution in [-0.2, 0) is 6.54 Å². The average molecular weight is 373 g/mol. The Bertz CT molecular complexity index is 870. The van der Waals surface area contributed by atoms with Crippen LogP contribution in [0.25, 0.3) is 0 Å². The van der Waals surface area contributed by atoms with E-state index in [9.17, 15) is 4.79 Å². The molecule has 1 amide bonds. The largest absolute Gasteiger partial charge is 0.350 e. The monoisotopic (exact) mass is 372 g/mol. The lowest BCUT2D eigenvalue weighted by atomic mass is 10.2.